The van der Waals surface area contributed by atoms with Crippen molar-refractivity contribution < 1.29 is 14.2 Å². The van der Waals surface area contributed by atoms with E-state index in [1.165, 1.54) is 0 Å². The Morgan fingerprint density at radius 2 is 2.04 bits per heavy atom. The molecule has 1 aromatic carbocycles. The minimum atomic E-state index is 0.290. The van der Waals surface area contributed by atoms with Crippen LogP contribution >= 0.6 is 0 Å². The summed E-state index contributed by atoms with van der Waals surface area (Å²) in [5, 5.41) is 3.32. The molecule has 1 saturated heterocycles. The lowest BCUT2D eigenvalue weighted by Crippen LogP contribution is -2.11. The number of nitrogens with one attached hydrogen (secondary N) is 1. The van der Waals surface area contributed by atoms with Crippen LogP contribution in [0.1, 0.15) is 23.6 Å². The Labute approximate surface area is 147 Å². The fourth-order valence-corrected chi connectivity index (χ4v) is 2.92. The van der Waals surface area contributed by atoms with Crippen LogP contribution in [0.3, 0.4) is 0 Å². The summed E-state index contributed by atoms with van der Waals surface area (Å²) in [6.45, 7) is 2.20. The molecule has 0 radical (unpaired) electrons. The Hall–Kier alpha value is -2.54. The van der Waals surface area contributed by atoms with E-state index in [0.717, 1.165) is 54.6 Å². The normalized spacial score (nSPS) is 16.6. The van der Waals surface area contributed by atoms with Crippen LogP contribution in [0.15, 0.2) is 24.3 Å². The van der Waals surface area contributed by atoms with Crippen molar-refractivity contribution in [3.05, 3.63) is 35.5 Å². The molecular formula is C18H24N4O3. The molecule has 1 aromatic heterocycles. The van der Waals surface area contributed by atoms with Gasteiger partial charge in [-0.3, -0.25) is 0 Å². The van der Waals surface area contributed by atoms with E-state index in [-0.39, 0.29) is 5.95 Å². The first kappa shape index (κ1) is 17.3. The smallest absolute Gasteiger partial charge is 0.222 e. The van der Waals surface area contributed by atoms with Crippen molar-refractivity contribution in [1.29, 1.82) is 0 Å². The van der Waals surface area contributed by atoms with Crippen molar-refractivity contribution in [1.82, 2.24) is 9.97 Å². The van der Waals surface area contributed by atoms with Crippen LogP contribution in [0.5, 0.6) is 11.5 Å². The van der Waals surface area contributed by atoms with Crippen molar-refractivity contribution in [2.24, 2.45) is 0 Å². The maximum absolute atomic E-state index is 5.85. The lowest BCUT2D eigenvalue weighted by Gasteiger charge is -2.12. The first-order chi connectivity index (χ1) is 12.2. The Balaban J connectivity index is 1.62. The number of ether oxygens (including phenoxy) is 3. The second-order valence-corrected chi connectivity index (χ2v) is 5.96. The van der Waals surface area contributed by atoms with E-state index >= 15 is 0 Å². The molecule has 3 rings (SSSR count). The number of hydrogen-bond donors (Lipinski definition) is 2. The van der Waals surface area contributed by atoms with Crippen LogP contribution in [0.4, 0.5) is 11.8 Å². The minimum absolute atomic E-state index is 0.290. The molecule has 1 aliphatic rings. The molecule has 1 atom stereocenters. The molecule has 0 unspecified atom stereocenters. The van der Waals surface area contributed by atoms with E-state index in [0.29, 0.717) is 12.5 Å². The highest BCUT2D eigenvalue weighted by molar-refractivity contribution is 5.44. The SMILES string of the molecule is COc1ccc(CCNc2cc([C@@H]3CCOC3)nc(N)n2)cc1OC. The zero-order valence-electron chi connectivity index (χ0n) is 14.6. The van der Waals surface area contributed by atoms with Gasteiger partial charge in [-0.05, 0) is 30.5 Å². The zero-order chi connectivity index (χ0) is 17.6. The van der Waals surface area contributed by atoms with Crippen LogP contribution in [0.2, 0.25) is 0 Å². The van der Waals surface area contributed by atoms with Gasteiger partial charge in [0.15, 0.2) is 11.5 Å². The Bertz CT molecular complexity index is 717. The Kier molecular flexibility index (Phi) is 5.55. The number of benzene rings is 1. The zero-order valence-corrected chi connectivity index (χ0v) is 14.6. The number of nitrogens with two attached hydrogens (primary N) is 1. The van der Waals surface area contributed by atoms with E-state index in [1.54, 1.807) is 14.2 Å². The standard InChI is InChI=1S/C18H24N4O3/c1-23-15-4-3-12(9-16(15)24-2)5-7-20-17-10-14(21-18(19)22-17)13-6-8-25-11-13/h3-4,9-10,13H,5-8,11H2,1-2H3,(H3,19,20,21,22)/t13-/m1/s1. The first-order valence-corrected chi connectivity index (χ1v) is 8.36. The first-order valence-electron chi connectivity index (χ1n) is 8.36. The lowest BCUT2D eigenvalue weighted by atomic mass is 10.0. The molecule has 7 heteroatoms. The third kappa shape index (κ3) is 4.30. The molecule has 0 bridgehead atoms. The van der Waals surface area contributed by atoms with Gasteiger partial charge in [0.25, 0.3) is 0 Å². The van der Waals surface area contributed by atoms with Crippen molar-refractivity contribution in [3.8, 4) is 11.5 Å². The molecule has 3 N–H and O–H groups in total. The van der Waals surface area contributed by atoms with Crippen LogP contribution < -0.4 is 20.5 Å². The predicted octanol–water partition coefficient (Wildman–Crippen LogP) is 2.23. The third-order valence-corrected chi connectivity index (χ3v) is 4.28. The van der Waals surface area contributed by atoms with Gasteiger partial charge in [-0.2, -0.15) is 4.98 Å². The molecule has 134 valence electrons. The summed E-state index contributed by atoms with van der Waals surface area (Å²) in [7, 11) is 3.27. The Morgan fingerprint density at radius 1 is 1.20 bits per heavy atom. The van der Waals surface area contributed by atoms with Gasteiger partial charge < -0.3 is 25.3 Å². The quantitative estimate of drug-likeness (QED) is 0.796. The van der Waals surface area contributed by atoms with Crippen LogP contribution in [-0.2, 0) is 11.2 Å². The highest BCUT2D eigenvalue weighted by Gasteiger charge is 2.20. The van der Waals surface area contributed by atoms with E-state index in [1.807, 2.05) is 24.3 Å². The number of anilines is 2. The number of aromatic nitrogens is 2. The highest BCUT2D eigenvalue weighted by atomic mass is 16.5. The van der Waals surface area contributed by atoms with Gasteiger partial charge in [0.2, 0.25) is 5.95 Å². The maximum atomic E-state index is 5.85. The summed E-state index contributed by atoms with van der Waals surface area (Å²) >= 11 is 0. The molecule has 25 heavy (non-hydrogen) atoms. The maximum Gasteiger partial charge on any atom is 0.222 e. The average Bonchev–Trinajstić information content (AvgIpc) is 3.16. The molecule has 2 heterocycles. The number of hydrogen-bond acceptors (Lipinski definition) is 7. The largest absolute Gasteiger partial charge is 0.493 e. The molecule has 2 aromatic rings. The van der Waals surface area contributed by atoms with Gasteiger partial charge in [-0.25, -0.2) is 4.98 Å². The van der Waals surface area contributed by atoms with E-state index in [9.17, 15) is 0 Å². The van der Waals surface area contributed by atoms with Crippen LogP contribution in [0, 0.1) is 0 Å². The van der Waals surface area contributed by atoms with Gasteiger partial charge >= 0.3 is 0 Å². The van der Waals surface area contributed by atoms with Gasteiger partial charge in [0, 0.05) is 25.1 Å². The topological polar surface area (TPSA) is 91.5 Å². The van der Waals surface area contributed by atoms with E-state index in [2.05, 4.69) is 15.3 Å². The van der Waals surface area contributed by atoms with Crippen molar-refractivity contribution >= 4 is 11.8 Å². The van der Waals surface area contributed by atoms with Crippen LogP contribution in [-0.4, -0.2) is 43.9 Å². The molecule has 1 fully saturated rings. The molecule has 1 aliphatic heterocycles. The lowest BCUT2D eigenvalue weighted by molar-refractivity contribution is 0.193. The van der Waals surface area contributed by atoms with Crippen molar-refractivity contribution in [2.75, 3.05) is 45.0 Å². The van der Waals surface area contributed by atoms with Gasteiger partial charge in [-0.1, -0.05) is 6.07 Å². The number of nitrogen functional groups attached to an aromatic ring is 1. The summed E-state index contributed by atoms with van der Waals surface area (Å²) < 4.78 is 16.0. The average molecular weight is 344 g/mol. The summed E-state index contributed by atoms with van der Waals surface area (Å²) in [5.41, 5.74) is 7.94. The molecule has 7 nitrogen and oxygen atoms in total. The monoisotopic (exact) mass is 344 g/mol. The molecule has 0 spiro atoms. The summed E-state index contributed by atoms with van der Waals surface area (Å²) in [6, 6.07) is 7.88. The number of rotatable bonds is 7. The Morgan fingerprint density at radius 3 is 2.76 bits per heavy atom. The third-order valence-electron chi connectivity index (χ3n) is 4.28. The van der Waals surface area contributed by atoms with Gasteiger partial charge in [-0.15, -0.1) is 0 Å². The fraction of sp³-hybridized carbons (Fsp3) is 0.444. The van der Waals surface area contributed by atoms with E-state index in [4.69, 9.17) is 19.9 Å². The minimum Gasteiger partial charge on any atom is -0.493 e. The molecular weight excluding hydrogens is 320 g/mol. The van der Waals surface area contributed by atoms with Crippen molar-refractivity contribution in [2.45, 2.75) is 18.8 Å². The molecule has 0 saturated carbocycles. The highest BCUT2D eigenvalue weighted by Crippen LogP contribution is 2.28. The molecule has 0 amide bonds. The summed E-state index contributed by atoms with van der Waals surface area (Å²) in [6.07, 6.45) is 1.80. The second-order valence-electron chi connectivity index (χ2n) is 5.96. The predicted molar refractivity (Wildman–Crippen MR) is 96.4 cm³/mol. The fourth-order valence-electron chi connectivity index (χ4n) is 2.92. The second kappa shape index (κ2) is 8.02. The van der Waals surface area contributed by atoms with E-state index < -0.39 is 0 Å². The van der Waals surface area contributed by atoms with Crippen molar-refractivity contribution in [3.63, 3.8) is 0 Å². The van der Waals surface area contributed by atoms with Gasteiger partial charge in [0.05, 0.1) is 26.5 Å². The number of methoxy groups -OCH3 is 2. The summed E-state index contributed by atoms with van der Waals surface area (Å²) in [5.74, 6) is 2.80. The van der Waals surface area contributed by atoms with Crippen LogP contribution in [0.25, 0.3) is 0 Å². The summed E-state index contributed by atoms with van der Waals surface area (Å²) in [4.78, 5) is 8.61. The molecule has 0 aliphatic carbocycles. The van der Waals surface area contributed by atoms with Gasteiger partial charge in [0.1, 0.15) is 5.82 Å². The number of nitrogens with zero attached hydrogens (tertiary/aromatic N) is 2.